The fourth-order valence-corrected chi connectivity index (χ4v) is 3.99. The number of carbonyl (C=O) groups is 2. The molecule has 3 aromatic heterocycles. The lowest BCUT2D eigenvalue weighted by Gasteiger charge is -2.21. The first kappa shape index (κ1) is 23.8. The van der Waals surface area contributed by atoms with Gasteiger partial charge in [0.2, 0.25) is 11.8 Å². The lowest BCUT2D eigenvalue weighted by atomic mass is 9.83. The van der Waals surface area contributed by atoms with Crippen molar-refractivity contribution in [3.63, 3.8) is 0 Å². The molecule has 0 aromatic carbocycles. The van der Waals surface area contributed by atoms with Gasteiger partial charge >= 0.3 is 12.1 Å². The van der Waals surface area contributed by atoms with Gasteiger partial charge in [-0.3, -0.25) is 9.59 Å². The molecule has 0 spiro atoms. The van der Waals surface area contributed by atoms with E-state index in [0.29, 0.717) is 0 Å². The molecule has 0 bridgehead atoms. The number of fused-ring (bicyclic) bond motifs is 2. The van der Waals surface area contributed by atoms with Crippen LogP contribution in [0.5, 0.6) is 0 Å². The highest BCUT2D eigenvalue weighted by molar-refractivity contribution is 6.21. The Kier molecular flexibility index (Phi) is 5.16. The van der Waals surface area contributed by atoms with Crippen molar-refractivity contribution in [3.8, 4) is 11.5 Å². The van der Waals surface area contributed by atoms with E-state index in [1.54, 1.807) is 0 Å². The van der Waals surface area contributed by atoms with Gasteiger partial charge < -0.3 is 20.8 Å². The second-order valence-electron chi connectivity index (χ2n) is 8.92. The molecule has 36 heavy (non-hydrogen) atoms. The number of amides is 2. The predicted octanol–water partition coefficient (Wildman–Crippen LogP) is 2.39. The first-order chi connectivity index (χ1) is 16.8. The molecule has 1 fully saturated rings. The number of nitrogen functional groups attached to an aromatic ring is 1. The van der Waals surface area contributed by atoms with Crippen molar-refractivity contribution in [1.29, 1.82) is 0 Å². The maximum atomic E-state index is 13.5. The summed E-state index contributed by atoms with van der Waals surface area (Å²) in [6, 6.07) is -0.0122. The predicted molar refractivity (Wildman–Crippen MR) is 115 cm³/mol. The highest BCUT2D eigenvalue weighted by atomic mass is 19.4. The van der Waals surface area contributed by atoms with Gasteiger partial charge in [0.15, 0.2) is 16.9 Å². The van der Waals surface area contributed by atoms with Crippen LogP contribution >= 0.6 is 0 Å². The van der Waals surface area contributed by atoms with Crippen molar-refractivity contribution in [2.75, 3.05) is 11.1 Å². The molecule has 190 valence electrons. The minimum Gasteiger partial charge on any atom is -0.383 e. The average molecular weight is 510 g/mol. The van der Waals surface area contributed by atoms with Crippen LogP contribution in [0.2, 0.25) is 0 Å². The number of rotatable bonds is 6. The van der Waals surface area contributed by atoms with E-state index in [0.717, 1.165) is 12.8 Å². The average Bonchev–Trinajstić information content (AvgIpc) is 3.39. The molecule has 1 saturated carbocycles. The quantitative estimate of drug-likeness (QED) is 0.342. The lowest BCUT2D eigenvalue weighted by Crippen LogP contribution is -2.48. The SMILES string of the molecule is CC1(C(=O)NC2CC2)C(=O)Nc2nc(-c3cn4ccnc4c(CCC(F)(F)C(F)(F)F)n3)nc(N)c21. The van der Waals surface area contributed by atoms with Crippen LogP contribution in [0.1, 0.15) is 37.4 Å². The molecule has 10 nitrogen and oxygen atoms in total. The summed E-state index contributed by atoms with van der Waals surface area (Å²) < 4.78 is 66.4. The maximum absolute atomic E-state index is 13.5. The Balaban J connectivity index is 1.52. The second-order valence-corrected chi connectivity index (χ2v) is 8.92. The van der Waals surface area contributed by atoms with E-state index in [9.17, 15) is 31.5 Å². The van der Waals surface area contributed by atoms with Gasteiger partial charge in [0.05, 0.1) is 11.3 Å². The molecule has 1 atom stereocenters. The number of nitrogens with two attached hydrogens (primary N) is 1. The fraction of sp³-hybridized carbons (Fsp3) is 0.429. The second kappa shape index (κ2) is 7.80. The zero-order valence-corrected chi connectivity index (χ0v) is 18.7. The normalized spacial score (nSPS) is 19.9. The number of nitrogens with zero attached hydrogens (tertiary/aromatic N) is 5. The molecule has 0 radical (unpaired) electrons. The number of nitrogens with one attached hydrogen (secondary N) is 2. The Morgan fingerprint density at radius 2 is 1.97 bits per heavy atom. The highest BCUT2D eigenvalue weighted by Crippen LogP contribution is 2.42. The lowest BCUT2D eigenvalue weighted by molar-refractivity contribution is -0.284. The Labute approximate surface area is 199 Å². The van der Waals surface area contributed by atoms with E-state index < -0.39 is 42.2 Å². The topological polar surface area (TPSA) is 140 Å². The molecule has 0 saturated heterocycles. The molecule has 5 rings (SSSR count). The molecule has 3 aromatic rings. The van der Waals surface area contributed by atoms with Crippen molar-refractivity contribution in [1.82, 2.24) is 29.7 Å². The molecule has 2 aliphatic rings. The largest absolute Gasteiger partial charge is 0.453 e. The summed E-state index contributed by atoms with van der Waals surface area (Å²) in [5, 5.41) is 5.29. The van der Waals surface area contributed by atoms with Gasteiger partial charge in [-0.15, -0.1) is 0 Å². The Morgan fingerprint density at radius 1 is 1.25 bits per heavy atom. The third-order valence-electron chi connectivity index (χ3n) is 6.25. The zero-order chi connectivity index (χ0) is 26.0. The van der Waals surface area contributed by atoms with E-state index in [-0.39, 0.29) is 46.1 Å². The fourth-order valence-electron chi connectivity index (χ4n) is 3.99. The molecular formula is C21H19F5N8O2. The van der Waals surface area contributed by atoms with E-state index in [4.69, 9.17) is 5.73 Å². The van der Waals surface area contributed by atoms with Crippen LogP contribution in [-0.4, -0.2) is 54.3 Å². The zero-order valence-electron chi connectivity index (χ0n) is 18.7. The van der Waals surface area contributed by atoms with Crippen molar-refractivity contribution in [2.24, 2.45) is 0 Å². The standard InChI is InChI=1S/C21H19F5N8O2/c1-19(17(35)29-9-2-3-9)12-13(27)31-14(32-15(12)33-18(19)36)11-8-34-7-6-28-16(34)10(30-11)4-5-20(22,23)21(24,25)26/h6-9H,2-5H2,1H3,(H,29,35)(H3,27,31,32,33,36). The van der Waals surface area contributed by atoms with E-state index in [1.807, 2.05) is 0 Å². The minimum absolute atomic E-state index is 0.00870. The van der Waals surface area contributed by atoms with Crippen molar-refractivity contribution in [3.05, 3.63) is 29.8 Å². The summed E-state index contributed by atoms with van der Waals surface area (Å²) in [7, 11) is 0. The summed E-state index contributed by atoms with van der Waals surface area (Å²) >= 11 is 0. The van der Waals surface area contributed by atoms with Crippen LogP contribution in [-0.2, 0) is 21.4 Å². The molecule has 4 N–H and O–H groups in total. The van der Waals surface area contributed by atoms with Gasteiger partial charge in [-0.25, -0.2) is 19.9 Å². The number of hydrogen-bond acceptors (Lipinski definition) is 7. The van der Waals surface area contributed by atoms with Gasteiger partial charge in [-0.1, -0.05) is 0 Å². The molecule has 15 heteroatoms. The minimum atomic E-state index is -5.70. The van der Waals surface area contributed by atoms with Gasteiger partial charge in [0, 0.05) is 31.1 Å². The van der Waals surface area contributed by atoms with E-state index >= 15 is 0 Å². The molecule has 4 heterocycles. The number of halogens is 5. The van der Waals surface area contributed by atoms with E-state index in [1.165, 1.54) is 29.9 Å². The van der Waals surface area contributed by atoms with Crippen LogP contribution in [0, 0.1) is 0 Å². The van der Waals surface area contributed by atoms with E-state index in [2.05, 4.69) is 30.6 Å². The summed E-state index contributed by atoms with van der Waals surface area (Å²) in [5.41, 5.74) is 4.49. The van der Waals surface area contributed by atoms with Gasteiger partial charge in [0.25, 0.3) is 0 Å². The highest BCUT2D eigenvalue weighted by Gasteiger charge is 2.57. The number of hydrogen-bond donors (Lipinski definition) is 3. The summed E-state index contributed by atoms with van der Waals surface area (Å²) in [5.74, 6) is -6.44. The Hall–Kier alpha value is -3.91. The maximum Gasteiger partial charge on any atom is 0.453 e. The van der Waals surface area contributed by atoms with Crippen LogP contribution < -0.4 is 16.4 Å². The van der Waals surface area contributed by atoms with Crippen LogP contribution in [0.25, 0.3) is 17.2 Å². The Morgan fingerprint density at radius 3 is 2.64 bits per heavy atom. The smallest absolute Gasteiger partial charge is 0.383 e. The molecule has 1 unspecified atom stereocenters. The molecular weight excluding hydrogens is 491 g/mol. The first-order valence-corrected chi connectivity index (χ1v) is 10.9. The number of anilines is 2. The number of aromatic nitrogens is 5. The number of carbonyl (C=O) groups excluding carboxylic acids is 2. The first-order valence-electron chi connectivity index (χ1n) is 10.9. The summed E-state index contributed by atoms with van der Waals surface area (Å²) in [4.78, 5) is 42.2. The monoisotopic (exact) mass is 510 g/mol. The summed E-state index contributed by atoms with van der Waals surface area (Å²) in [6.45, 7) is 1.40. The van der Waals surface area contributed by atoms with Crippen LogP contribution in [0.15, 0.2) is 18.6 Å². The number of imidazole rings is 1. The molecule has 1 aliphatic heterocycles. The molecule has 1 aliphatic carbocycles. The van der Waals surface area contributed by atoms with Crippen molar-refractivity contribution < 1.29 is 31.5 Å². The van der Waals surface area contributed by atoms with Crippen LogP contribution in [0.3, 0.4) is 0 Å². The molecule has 2 amide bonds. The third kappa shape index (κ3) is 3.78. The van der Waals surface area contributed by atoms with Crippen LogP contribution in [0.4, 0.5) is 33.6 Å². The van der Waals surface area contributed by atoms with Gasteiger partial charge in [-0.2, -0.15) is 22.0 Å². The summed E-state index contributed by atoms with van der Waals surface area (Å²) in [6.07, 6.45) is -2.19. The van der Waals surface area contributed by atoms with Gasteiger partial charge in [-0.05, 0) is 26.2 Å². The third-order valence-corrected chi connectivity index (χ3v) is 6.25. The Bertz CT molecular complexity index is 1400. The van der Waals surface area contributed by atoms with Crippen molar-refractivity contribution in [2.45, 2.75) is 56.2 Å². The van der Waals surface area contributed by atoms with Gasteiger partial charge in [0.1, 0.15) is 17.3 Å². The number of aryl methyl sites for hydroxylation is 1. The number of alkyl halides is 5. The van der Waals surface area contributed by atoms with Crippen molar-refractivity contribution >= 4 is 29.1 Å².